The molecular formula is C22H22ClN5O4S2. The molecule has 0 amide bonds. The summed E-state index contributed by atoms with van der Waals surface area (Å²) in [6, 6.07) is 5.59. The summed E-state index contributed by atoms with van der Waals surface area (Å²) in [7, 11) is -3.96. The zero-order chi connectivity index (χ0) is 23.6. The van der Waals surface area contributed by atoms with Gasteiger partial charge in [0, 0.05) is 25.6 Å². The first kappa shape index (κ1) is 22.1. The molecule has 0 radical (unpaired) electrons. The summed E-state index contributed by atoms with van der Waals surface area (Å²) < 4.78 is 28.4. The third-order valence-corrected chi connectivity index (χ3v) is 10.0. The molecule has 2 saturated carbocycles. The van der Waals surface area contributed by atoms with Crippen molar-refractivity contribution in [2.24, 2.45) is 0 Å². The number of fused-ring (bicyclic) bond motifs is 1. The van der Waals surface area contributed by atoms with E-state index in [1.807, 2.05) is 12.1 Å². The number of hydrogen-bond acceptors (Lipinski definition) is 8. The van der Waals surface area contributed by atoms with Gasteiger partial charge in [-0.3, -0.25) is 4.79 Å². The van der Waals surface area contributed by atoms with E-state index in [0.29, 0.717) is 44.8 Å². The number of carboxylic acids is 1. The van der Waals surface area contributed by atoms with E-state index in [2.05, 4.69) is 15.0 Å². The molecule has 3 heterocycles. The average molecular weight is 520 g/mol. The van der Waals surface area contributed by atoms with Crippen molar-refractivity contribution in [3.63, 3.8) is 0 Å². The van der Waals surface area contributed by atoms with Gasteiger partial charge in [-0.2, -0.15) is 9.29 Å². The normalized spacial score (nSPS) is 21.8. The van der Waals surface area contributed by atoms with Crippen molar-refractivity contribution in [1.29, 1.82) is 0 Å². The minimum atomic E-state index is -3.96. The summed E-state index contributed by atoms with van der Waals surface area (Å²) in [5, 5.41) is 10.8. The number of benzene rings is 1. The molecule has 2 aromatic heterocycles. The van der Waals surface area contributed by atoms with Gasteiger partial charge >= 0.3 is 5.97 Å². The Labute approximate surface area is 205 Å². The van der Waals surface area contributed by atoms with Gasteiger partial charge in [0.15, 0.2) is 15.9 Å². The zero-order valence-electron chi connectivity index (χ0n) is 18.1. The fourth-order valence-electron chi connectivity index (χ4n) is 4.35. The maximum absolute atomic E-state index is 13.3. The highest BCUT2D eigenvalue weighted by Gasteiger charge is 2.41. The van der Waals surface area contributed by atoms with E-state index in [1.54, 1.807) is 17.0 Å². The lowest BCUT2D eigenvalue weighted by Gasteiger charge is -2.38. The molecule has 1 N–H and O–H groups in total. The van der Waals surface area contributed by atoms with Crippen LogP contribution in [0.15, 0.2) is 29.2 Å². The number of sulfonamides is 1. The van der Waals surface area contributed by atoms with E-state index in [-0.39, 0.29) is 18.0 Å². The van der Waals surface area contributed by atoms with Crippen LogP contribution in [0.3, 0.4) is 0 Å². The highest BCUT2D eigenvalue weighted by atomic mass is 35.5. The molecule has 1 atom stereocenters. The molecule has 3 aliphatic rings. The Morgan fingerprint density at radius 1 is 1.03 bits per heavy atom. The van der Waals surface area contributed by atoms with Gasteiger partial charge < -0.3 is 10.0 Å². The number of piperazine rings is 1. The lowest BCUT2D eigenvalue weighted by molar-refractivity contribution is -0.141. The van der Waals surface area contributed by atoms with Gasteiger partial charge in [-0.25, -0.2) is 18.4 Å². The predicted octanol–water partition coefficient (Wildman–Crippen LogP) is 3.46. The van der Waals surface area contributed by atoms with Gasteiger partial charge in [-0.1, -0.05) is 35.1 Å². The molecule has 0 bridgehead atoms. The Balaban J connectivity index is 1.26. The molecule has 1 saturated heterocycles. The van der Waals surface area contributed by atoms with Crippen molar-refractivity contribution in [3.8, 4) is 0 Å². The van der Waals surface area contributed by atoms with E-state index in [0.717, 1.165) is 35.6 Å². The Kier molecular flexibility index (Phi) is 5.28. The number of hydrogen-bond donors (Lipinski definition) is 1. The predicted molar refractivity (Wildman–Crippen MR) is 128 cm³/mol. The molecule has 6 rings (SSSR count). The van der Waals surface area contributed by atoms with Crippen molar-refractivity contribution in [2.45, 2.75) is 48.5 Å². The smallest absolute Gasteiger partial charge is 0.323 e. The second-order valence-electron chi connectivity index (χ2n) is 9.06. The van der Waals surface area contributed by atoms with Crippen LogP contribution in [0.2, 0.25) is 5.15 Å². The molecule has 0 unspecified atom stereocenters. The Bertz CT molecular complexity index is 1390. The standard InChI is InChI=1S/C22H22ClN5O4S2/c23-18-17-20(25-19(24-18)14-3-4-14)26-22(33-17)27-9-10-28(16(11-27)21(29)30)34(31,32)15-7-5-13(6-8-15)12-1-2-12/h5-8,12,14,16H,1-4,9-11H2,(H,29,30)/t16-/m1/s1. The van der Waals surface area contributed by atoms with Crippen LogP contribution in [-0.4, -0.2) is 64.4 Å². The second kappa shape index (κ2) is 8.11. The number of nitrogens with zero attached hydrogens (tertiary/aromatic N) is 5. The van der Waals surface area contributed by atoms with Gasteiger partial charge in [0.1, 0.15) is 16.6 Å². The molecular weight excluding hydrogens is 498 g/mol. The average Bonchev–Trinajstić information content (AvgIpc) is 3.75. The van der Waals surface area contributed by atoms with E-state index in [4.69, 9.17) is 11.6 Å². The summed E-state index contributed by atoms with van der Waals surface area (Å²) >= 11 is 7.67. The Morgan fingerprint density at radius 2 is 1.74 bits per heavy atom. The topological polar surface area (TPSA) is 117 Å². The van der Waals surface area contributed by atoms with Gasteiger partial charge in [0.05, 0.1) is 4.90 Å². The highest BCUT2D eigenvalue weighted by Crippen LogP contribution is 2.42. The van der Waals surface area contributed by atoms with Gasteiger partial charge in [0.25, 0.3) is 0 Å². The van der Waals surface area contributed by atoms with Gasteiger partial charge in [0.2, 0.25) is 10.0 Å². The molecule has 3 aromatic rings. The first-order valence-electron chi connectivity index (χ1n) is 11.2. The maximum atomic E-state index is 13.3. The largest absolute Gasteiger partial charge is 0.480 e. The summed E-state index contributed by atoms with van der Waals surface area (Å²) in [6.07, 6.45) is 4.33. The number of thiazole rings is 1. The molecule has 3 fully saturated rings. The van der Waals surface area contributed by atoms with Crippen LogP contribution in [0.5, 0.6) is 0 Å². The summed E-state index contributed by atoms with van der Waals surface area (Å²) in [5.41, 5.74) is 1.63. The van der Waals surface area contributed by atoms with Gasteiger partial charge in [-0.05, 0) is 49.3 Å². The minimum absolute atomic E-state index is 0.0188. The number of aliphatic carboxylic acids is 1. The monoisotopic (exact) mass is 519 g/mol. The van der Waals surface area contributed by atoms with E-state index in [9.17, 15) is 18.3 Å². The number of rotatable bonds is 6. The summed E-state index contributed by atoms with van der Waals surface area (Å²) in [6.45, 7) is 0.324. The van der Waals surface area contributed by atoms with Gasteiger partial charge in [-0.15, -0.1) is 0 Å². The van der Waals surface area contributed by atoms with E-state index in [1.165, 1.54) is 11.3 Å². The second-order valence-corrected chi connectivity index (χ2v) is 12.3. The molecule has 9 nitrogen and oxygen atoms in total. The van der Waals surface area contributed by atoms with E-state index < -0.39 is 22.0 Å². The molecule has 0 spiro atoms. The minimum Gasteiger partial charge on any atom is -0.480 e. The molecule has 178 valence electrons. The lowest BCUT2D eigenvalue weighted by Crippen LogP contribution is -2.58. The van der Waals surface area contributed by atoms with Crippen molar-refractivity contribution < 1.29 is 18.3 Å². The number of aromatic nitrogens is 3. The SMILES string of the molecule is O=C(O)[C@H]1CN(c2nc3nc(C4CC4)nc(Cl)c3s2)CCN1S(=O)(=O)c1ccc(C2CC2)cc1. The van der Waals surface area contributed by atoms with Crippen LogP contribution in [0.1, 0.15) is 48.9 Å². The first-order valence-corrected chi connectivity index (χ1v) is 13.9. The lowest BCUT2D eigenvalue weighted by atomic mass is 10.1. The van der Waals surface area contributed by atoms with Crippen LogP contribution in [0, 0.1) is 0 Å². The maximum Gasteiger partial charge on any atom is 0.323 e. The number of carboxylic acid groups (broad SMARTS) is 1. The molecule has 1 aromatic carbocycles. The Morgan fingerprint density at radius 3 is 2.38 bits per heavy atom. The fourth-order valence-corrected chi connectivity index (χ4v) is 7.12. The van der Waals surface area contributed by atoms with Crippen molar-refractivity contribution in [1.82, 2.24) is 19.3 Å². The Hall–Kier alpha value is -2.34. The third kappa shape index (κ3) is 3.94. The molecule has 1 aliphatic heterocycles. The van der Waals surface area contributed by atoms with Crippen molar-refractivity contribution in [3.05, 3.63) is 40.8 Å². The zero-order valence-corrected chi connectivity index (χ0v) is 20.5. The van der Waals surface area contributed by atoms with Crippen molar-refractivity contribution >= 4 is 54.4 Å². The van der Waals surface area contributed by atoms with Crippen LogP contribution >= 0.6 is 22.9 Å². The quantitative estimate of drug-likeness (QED) is 0.492. The highest BCUT2D eigenvalue weighted by molar-refractivity contribution is 7.89. The van der Waals surface area contributed by atoms with Crippen LogP contribution in [0.25, 0.3) is 10.3 Å². The third-order valence-electron chi connectivity index (χ3n) is 6.58. The summed E-state index contributed by atoms with van der Waals surface area (Å²) in [5.74, 6) is 0.342. The number of halogens is 1. The number of carbonyl (C=O) groups is 1. The molecule has 34 heavy (non-hydrogen) atoms. The van der Waals surface area contributed by atoms with Crippen LogP contribution < -0.4 is 4.90 Å². The summed E-state index contributed by atoms with van der Waals surface area (Å²) in [4.78, 5) is 27.6. The number of anilines is 1. The molecule has 2 aliphatic carbocycles. The fraction of sp³-hybridized carbons (Fsp3) is 0.455. The van der Waals surface area contributed by atoms with E-state index >= 15 is 0 Å². The first-order chi connectivity index (χ1) is 16.3. The van der Waals surface area contributed by atoms with Crippen LogP contribution in [-0.2, 0) is 14.8 Å². The molecule has 12 heteroatoms. The van der Waals surface area contributed by atoms with Crippen LogP contribution in [0.4, 0.5) is 5.13 Å². The van der Waals surface area contributed by atoms with Crippen molar-refractivity contribution in [2.75, 3.05) is 24.5 Å².